The molecule has 1 amide bonds. The van der Waals surface area contributed by atoms with Gasteiger partial charge < -0.3 is 10.4 Å². The van der Waals surface area contributed by atoms with Gasteiger partial charge >= 0.3 is 5.97 Å². The summed E-state index contributed by atoms with van der Waals surface area (Å²) in [5.41, 5.74) is 0.539. The molecule has 1 saturated carbocycles. The molecule has 0 atom stereocenters. The van der Waals surface area contributed by atoms with Crippen molar-refractivity contribution in [1.29, 1.82) is 0 Å². The van der Waals surface area contributed by atoms with Gasteiger partial charge in [0.2, 0.25) is 5.91 Å². The molecule has 2 N–H and O–H groups in total. The van der Waals surface area contributed by atoms with E-state index in [-0.39, 0.29) is 10.8 Å². The van der Waals surface area contributed by atoms with Crippen LogP contribution in [0.4, 0.5) is 0 Å². The maximum Gasteiger partial charge on any atom is 0.347 e. The van der Waals surface area contributed by atoms with Crippen molar-refractivity contribution in [3.8, 4) is 0 Å². The lowest BCUT2D eigenvalue weighted by molar-refractivity contribution is -0.120. The molecule has 0 saturated heterocycles. The van der Waals surface area contributed by atoms with Gasteiger partial charge in [0.25, 0.3) is 0 Å². The highest BCUT2D eigenvalue weighted by Crippen LogP contribution is 2.27. The maximum absolute atomic E-state index is 11.4. The third-order valence-corrected chi connectivity index (χ3v) is 4.76. The number of hydrogen-bond acceptors (Lipinski definition) is 5. The molecule has 1 aromatic rings. The summed E-state index contributed by atoms with van der Waals surface area (Å²) in [5.74, 6) is -0.245. The van der Waals surface area contributed by atoms with Crippen LogP contribution in [0, 0.1) is 6.92 Å². The van der Waals surface area contributed by atoms with Crippen LogP contribution in [0.2, 0.25) is 0 Å². The Morgan fingerprint density at radius 2 is 2.28 bits per heavy atom. The van der Waals surface area contributed by atoms with E-state index in [0.717, 1.165) is 12.8 Å². The number of aromatic carboxylic acids is 1. The molecule has 1 aliphatic rings. The molecule has 0 aromatic carbocycles. The van der Waals surface area contributed by atoms with E-state index in [9.17, 15) is 9.59 Å². The van der Waals surface area contributed by atoms with Gasteiger partial charge in [-0.2, -0.15) is 0 Å². The topological polar surface area (TPSA) is 79.3 Å². The highest BCUT2D eigenvalue weighted by Gasteiger charge is 2.23. The number of carboxylic acids is 1. The number of aromatic nitrogens is 1. The molecule has 18 heavy (non-hydrogen) atoms. The Hall–Kier alpha value is -1.08. The van der Waals surface area contributed by atoms with Crippen LogP contribution in [0.5, 0.6) is 0 Å². The number of rotatable bonds is 6. The van der Waals surface area contributed by atoms with E-state index < -0.39 is 5.97 Å². The minimum atomic E-state index is -0.941. The molecule has 0 radical (unpaired) electrons. The quantitative estimate of drug-likeness (QED) is 0.781. The molecule has 1 heterocycles. The summed E-state index contributed by atoms with van der Waals surface area (Å²) < 4.78 is 0.712. The SMILES string of the molecule is Cc1nc(SCCC(=O)NC2CC2)sc1C(=O)O. The number of nitrogens with one attached hydrogen (secondary N) is 1. The zero-order valence-electron chi connectivity index (χ0n) is 9.93. The van der Waals surface area contributed by atoms with E-state index in [2.05, 4.69) is 10.3 Å². The second-order valence-corrected chi connectivity index (χ2v) is 6.48. The number of carbonyl (C=O) groups is 2. The summed E-state index contributed by atoms with van der Waals surface area (Å²) in [7, 11) is 0. The Labute approximate surface area is 113 Å². The molecule has 0 aliphatic heterocycles. The Morgan fingerprint density at radius 3 is 2.83 bits per heavy atom. The van der Waals surface area contributed by atoms with Gasteiger partial charge in [-0.05, 0) is 19.8 Å². The average Bonchev–Trinajstić information content (AvgIpc) is 3.00. The summed E-state index contributed by atoms with van der Waals surface area (Å²) in [6.07, 6.45) is 2.63. The Balaban J connectivity index is 1.77. The van der Waals surface area contributed by atoms with Gasteiger partial charge in [0.05, 0.1) is 5.69 Å². The minimum absolute atomic E-state index is 0.0664. The molecule has 1 fully saturated rings. The normalized spacial score (nSPS) is 14.5. The summed E-state index contributed by atoms with van der Waals surface area (Å²) in [6.45, 7) is 1.68. The third kappa shape index (κ3) is 3.71. The lowest BCUT2D eigenvalue weighted by Gasteiger charge is -2.01. The first kappa shape index (κ1) is 13.4. The molecule has 7 heteroatoms. The number of amides is 1. The number of aryl methyl sites for hydroxylation is 1. The van der Waals surface area contributed by atoms with Crippen LogP contribution < -0.4 is 5.32 Å². The first-order valence-electron chi connectivity index (χ1n) is 5.69. The second-order valence-electron chi connectivity index (χ2n) is 4.14. The molecule has 1 aliphatic carbocycles. The van der Waals surface area contributed by atoms with Crippen LogP contribution in [0.1, 0.15) is 34.6 Å². The van der Waals surface area contributed by atoms with Crippen LogP contribution in [-0.2, 0) is 4.79 Å². The Kier molecular flexibility index (Phi) is 4.23. The van der Waals surface area contributed by atoms with Gasteiger partial charge in [-0.25, -0.2) is 9.78 Å². The molecular formula is C11H14N2O3S2. The van der Waals surface area contributed by atoms with Gasteiger partial charge in [-0.1, -0.05) is 11.8 Å². The molecule has 0 spiro atoms. The van der Waals surface area contributed by atoms with Gasteiger partial charge in [0.1, 0.15) is 4.88 Å². The first-order valence-corrected chi connectivity index (χ1v) is 7.49. The van der Waals surface area contributed by atoms with Crippen LogP contribution >= 0.6 is 23.1 Å². The molecule has 1 aromatic heterocycles. The van der Waals surface area contributed by atoms with Crippen molar-refractivity contribution in [2.45, 2.75) is 36.6 Å². The molecular weight excluding hydrogens is 272 g/mol. The van der Waals surface area contributed by atoms with E-state index >= 15 is 0 Å². The van der Waals surface area contributed by atoms with E-state index in [1.165, 1.54) is 23.1 Å². The van der Waals surface area contributed by atoms with E-state index in [0.29, 0.717) is 28.2 Å². The number of thioether (sulfide) groups is 1. The smallest absolute Gasteiger partial charge is 0.347 e. The molecule has 0 unspecified atom stereocenters. The highest BCUT2D eigenvalue weighted by molar-refractivity contribution is 8.01. The van der Waals surface area contributed by atoms with Crippen molar-refractivity contribution < 1.29 is 14.7 Å². The van der Waals surface area contributed by atoms with Crippen LogP contribution in [0.25, 0.3) is 0 Å². The summed E-state index contributed by atoms with van der Waals surface area (Å²) in [5, 5.41) is 11.8. The van der Waals surface area contributed by atoms with Crippen molar-refractivity contribution >= 4 is 35.0 Å². The second kappa shape index (κ2) is 5.71. The fourth-order valence-electron chi connectivity index (χ4n) is 1.39. The van der Waals surface area contributed by atoms with Crippen molar-refractivity contribution in [3.05, 3.63) is 10.6 Å². The minimum Gasteiger partial charge on any atom is -0.477 e. The fraction of sp³-hybridized carbons (Fsp3) is 0.545. The van der Waals surface area contributed by atoms with E-state index in [4.69, 9.17) is 5.11 Å². The van der Waals surface area contributed by atoms with Crippen molar-refractivity contribution in [2.75, 3.05) is 5.75 Å². The van der Waals surface area contributed by atoms with Crippen LogP contribution in [-0.4, -0.2) is 33.8 Å². The Morgan fingerprint density at radius 1 is 1.56 bits per heavy atom. The number of thiazole rings is 1. The zero-order chi connectivity index (χ0) is 13.1. The number of carbonyl (C=O) groups excluding carboxylic acids is 1. The lowest BCUT2D eigenvalue weighted by Crippen LogP contribution is -2.25. The predicted octanol–water partition coefficient (Wildman–Crippen LogP) is 1.91. The maximum atomic E-state index is 11.4. The van der Waals surface area contributed by atoms with Crippen molar-refractivity contribution in [3.63, 3.8) is 0 Å². The zero-order valence-corrected chi connectivity index (χ0v) is 11.6. The molecule has 5 nitrogen and oxygen atoms in total. The van der Waals surface area contributed by atoms with Crippen LogP contribution in [0.3, 0.4) is 0 Å². The predicted molar refractivity (Wildman–Crippen MR) is 70.3 cm³/mol. The van der Waals surface area contributed by atoms with Crippen molar-refractivity contribution in [1.82, 2.24) is 10.3 Å². The van der Waals surface area contributed by atoms with Gasteiger partial charge in [-0.15, -0.1) is 11.3 Å². The van der Waals surface area contributed by atoms with Gasteiger partial charge in [-0.3, -0.25) is 4.79 Å². The van der Waals surface area contributed by atoms with Crippen molar-refractivity contribution in [2.24, 2.45) is 0 Å². The number of hydrogen-bond donors (Lipinski definition) is 2. The monoisotopic (exact) mass is 286 g/mol. The van der Waals surface area contributed by atoms with Gasteiger partial charge in [0, 0.05) is 18.2 Å². The standard InChI is InChI=1S/C11H14N2O3S2/c1-6-9(10(15)16)18-11(12-6)17-5-4-8(14)13-7-2-3-7/h7H,2-5H2,1H3,(H,13,14)(H,15,16). The van der Waals surface area contributed by atoms with E-state index in [1.54, 1.807) is 6.92 Å². The summed E-state index contributed by atoms with van der Waals surface area (Å²) >= 11 is 2.60. The number of nitrogens with zero attached hydrogens (tertiary/aromatic N) is 1. The first-order chi connectivity index (χ1) is 8.56. The van der Waals surface area contributed by atoms with Crippen LogP contribution in [0.15, 0.2) is 4.34 Å². The molecule has 98 valence electrons. The average molecular weight is 286 g/mol. The largest absolute Gasteiger partial charge is 0.477 e. The molecule has 0 bridgehead atoms. The highest BCUT2D eigenvalue weighted by atomic mass is 32.2. The molecule has 2 rings (SSSR count). The summed E-state index contributed by atoms with van der Waals surface area (Å²) in [6, 6.07) is 0.392. The fourth-order valence-corrected chi connectivity index (χ4v) is 3.43. The summed E-state index contributed by atoms with van der Waals surface area (Å²) in [4.78, 5) is 26.7. The lowest BCUT2D eigenvalue weighted by atomic mass is 10.4. The Bertz CT molecular complexity index is 469. The third-order valence-electron chi connectivity index (χ3n) is 2.47. The van der Waals surface area contributed by atoms with Gasteiger partial charge in [0.15, 0.2) is 4.34 Å². The number of carboxylic acid groups (broad SMARTS) is 1. The van der Waals surface area contributed by atoms with E-state index in [1.807, 2.05) is 0 Å².